The fraction of sp³-hybridized carbons (Fsp3) is 0.778. The van der Waals surface area contributed by atoms with Crippen molar-refractivity contribution in [1.82, 2.24) is 20.5 Å². The van der Waals surface area contributed by atoms with Crippen molar-refractivity contribution in [3.8, 4) is 0 Å². The highest BCUT2D eigenvalue weighted by Crippen LogP contribution is 2.33. The minimum atomic E-state index is 0. The number of oxazole rings is 1. The lowest BCUT2D eigenvalue weighted by Gasteiger charge is -2.43. The van der Waals surface area contributed by atoms with E-state index in [1.54, 1.807) is 0 Å². The number of ether oxygens (including phenoxy) is 1. The average Bonchev–Trinajstić information content (AvgIpc) is 3.26. The molecule has 9 heteroatoms. The maximum absolute atomic E-state index is 5.64. The largest absolute Gasteiger partial charge is 0.444 e. The summed E-state index contributed by atoms with van der Waals surface area (Å²) in [5.74, 6) is 4.74. The van der Waals surface area contributed by atoms with Crippen LogP contribution >= 0.6 is 35.7 Å². The van der Waals surface area contributed by atoms with Crippen LogP contribution in [0.15, 0.2) is 9.41 Å². The number of aliphatic imine (C=N–C) groups is 1. The molecule has 1 atom stereocenters. The van der Waals surface area contributed by atoms with Crippen molar-refractivity contribution in [3.05, 3.63) is 17.3 Å². The van der Waals surface area contributed by atoms with Crippen molar-refractivity contribution < 1.29 is 9.15 Å². The molecule has 7 nitrogen and oxygen atoms in total. The highest BCUT2D eigenvalue weighted by molar-refractivity contribution is 14.0. The van der Waals surface area contributed by atoms with Crippen LogP contribution in [0.4, 0.5) is 0 Å². The van der Waals surface area contributed by atoms with Gasteiger partial charge in [0.25, 0.3) is 0 Å². The van der Waals surface area contributed by atoms with E-state index in [1.807, 2.05) is 25.6 Å². The number of nitrogens with one attached hydrogen (secondary N) is 2. The number of guanidine groups is 1. The molecule has 154 valence electrons. The fourth-order valence-electron chi connectivity index (χ4n) is 3.48. The normalized spacial score (nSPS) is 23.9. The molecular weight excluding hydrogens is 477 g/mol. The molecule has 3 rings (SSSR count). The van der Waals surface area contributed by atoms with Gasteiger partial charge in [0.1, 0.15) is 12.3 Å². The number of aryl methyl sites for hydroxylation is 2. The van der Waals surface area contributed by atoms with Gasteiger partial charge in [-0.25, -0.2) is 9.98 Å². The third kappa shape index (κ3) is 5.98. The van der Waals surface area contributed by atoms with E-state index < -0.39 is 0 Å². The van der Waals surface area contributed by atoms with Gasteiger partial charge >= 0.3 is 0 Å². The van der Waals surface area contributed by atoms with E-state index >= 15 is 0 Å². The summed E-state index contributed by atoms with van der Waals surface area (Å²) in [6.45, 7) is 11.9. The van der Waals surface area contributed by atoms with Crippen molar-refractivity contribution in [3.63, 3.8) is 0 Å². The summed E-state index contributed by atoms with van der Waals surface area (Å²) in [6.07, 6.45) is 1.21. The number of hydrogen-bond donors (Lipinski definition) is 2. The van der Waals surface area contributed by atoms with Gasteiger partial charge in [-0.05, 0) is 32.9 Å². The molecule has 2 fully saturated rings. The fourth-order valence-corrected chi connectivity index (χ4v) is 4.96. The van der Waals surface area contributed by atoms with Crippen LogP contribution in [0.2, 0.25) is 0 Å². The Morgan fingerprint density at radius 2 is 2.07 bits per heavy atom. The van der Waals surface area contributed by atoms with Crippen molar-refractivity contribution in [1.29, 1.82) is 0 Å². The predicted octanol–water partition coefficient (Wildman–Crippen LogP) is 2.17. The lowest BCUT2D eigenvalue weighted by molar-refractivity contribution is -0.0120. The second-order valence-corrected chi connectivity index (χ2v) is 8.03. The molecule has 27 heavy (non-hydrogen) atoms. The molecule has 1 aromatic heterocycles. The van der Waals surface area contributed by atoms with E-state index in [1.165, 1.54) is 12.2 Å². The topological polar surface area (TPSA) is 74.9 Å². The maximum atomic E-state index is 5.64. The van der Waals surface area contributed by atoms with E-state index in [2.05, 4.69) is 32.4 Å². The molecule has 2 saturated heterocycles. The molecule has 0 aromatic carbocycles. The Hall–Kier alpha value is -0.520. The molecule has 0 aliphatic carbocycles. The van der Waals surface area contributed by atoms with E-state index in [0.717, 1.165) is 62.6 Å². The number of thioether (sulfide) groups is 1. The van der Waals surface area contributed by atoms with E-state index in [4.69, 9.17) is 9.15 Å². The van der Waals surface area contributed by atoms with Crippen LogP contribution in [0.1, 0.15) is 30.7 Å². The first-order valence-electron chi connectivity index (χ1n) is 9.48. The van der Waals surface area contributed by atoms with Gasteiger partial charge in [-0.2, -0.15) is 11.8 Å². The summed E-state index contributed by atoms with van der Waals surface area (Å²) in [7, 11) is 0. The summed E-state index contributed by atoms with van der Waals surface area (Å²) in [5.41, 5.74) is 1.13. The maximum Gasteiger partial charge on any atom is 0.216 e. The Kier molecular flexibility index (Phi) is 9.17. The monoisotopic (exact) mass is 509 g/mol. The minimum absolute atomic E-state index is 0. The Morgan fingerprint density at radius 3 is 2.67 bits per heavy atom. The van der Waals surface area contributed by atoms with Gasteiger partial charge in [0.05, 0.1) is 18.9 Å². The molecule has 2 N–H and O–H groups in total. The number of morpholine rings is 1. The smallest absolute Gasteiger partial charge is 0.216 e. The third-order valence-corrected chi connectivity index (χ3v) is 6.37. The van der Waals surface area contributed by atoms with Crippen molar-refractivity contribution in [2.75, 3.05) is 50.9 Å². The van der Waals surface area contributed by atoms with Gasteiger partial charge < -0.3 is 19.8 Å². The van der Waals surface area contributed by atoms with Gasteiger partial charge in [-0.3, -0.25) is 4.90 Å². The molecular formula is C18H32IN5O2S. The van der Waals surface area contributed by atoms with Crippen molar-refractivity contribution in [2.24, 2.45) is 4.99 Å². The molecule has 2 aliphatic heterocycles. The Bertz CT molecular complexity index is 593. The zero-order valence-electron chi connectivity index (χ0n) is 16.5. The lowest BCUT2D eigenvalue weighted by atomic mass is 9.95. The first-order chi connectivity index (χ1) is 12.6. The van der Waals surface area contributed by atoms with Crippen LogP contribution in [0, 0.1) is 13.8 Å². The molecule has 0 amide bonds. The summed E-state index contributed by atoms with van der Waals surface area (Å²) in [5, 5.41) is 6.90. The average molecular weight is 509 g/mol. The van der Waals surface area contributed by atoms with Crippen LogP contribution in [0.25, 0.3) is 0 Å². The third-order valence-electron chi connectivity index (χ3n) is 5.14. The minimum Gasteiger partial charge on any atom is -0.444 e. The van der Waals surface area contributed by atoms with Crippen molar-refractivity contribution in [2.45, 2.75) is 39.3 Å². The molecule has 1 unspecified atom stereocenters. The number of aromatic nitrogens is 1. The second kappa shape index (κ2) is 10.9. The van der Waals surface area contributed by atoms with Crippen LogP contribution in [0.5, 0.6) is 0 Å². The van der Waals surface area contributed by atoms with Gasteiger partial charge in [-0.1, -0.05) is 0 Å². The Morgan fingerprint density at radius 1 is 1.30 bits per heavy atom. The molecule has 1 aromatic rings. The van der Waals surface area contributed by atoms with Gasteiger partial charge in [-0.15, -0.1) is 24.0 Å². The highest BCUT2D eigenvalue weighted by Gasteiger charge is 2.40. The zero-order chi connectivity index (χ0) is 18.4. The predicted molar refractivity (Wildman–Crippen MR) is 121 cm³/mol. The zero-order valence-corrected chi connectivity index (χ0v) is 19.7. The Labute approximate surface area is 183 Å². The molecule has 0 saturated carbocycles. The highest BCUT2D eigenvalue weighted by atomic mass is 127. The number of halogens is 1. The molecule has 0 bridgehead atoms. The molecule has 2 aliphatic rings. The first kappa shape index (κ1) is 22.8. The van der Waals surface area contributed by atoms with Crippen molar-refractivity contribution >= 4 is 41.7 Å². The van der Waals surface area contributed by atoms with E-state index in [9.17, 15) is 0 Å². The van der Waals surface area contributed by atoms with Crippen LogP contribution < -0.4 is 10.6 Å². The molecule has 0 radical (unpaired) electrons. The summed E-state index contributed by atoms with van der Waals surface area (Å²) >= 11 is 2.05. The summed E-state index contributed by atoms with van der Waals surface area (Å²) in [6, 6.07) is 0. The van der Waals surface area contributed by atoms with Crippen LogP contribution in [-0.2, 0) is 11.3 Å². The van der Waals surface area contributed by atoms with E-state index in [0.29, 0.717) is 12.4 Å². The molecule has 0 spiro atoms. The summed E-state index contributed by atoms with van der Waals surface area (Å²) in [4.78, 5) is 11.7. The number of nitrogens with zero attached hydrogens (tertiary/aromatic N) is 3. The van der Waals surface area contributed by atoms with Gasteiger partial charge in [0.2, 0.25) is 5.89 Å². The van der Waals surface area contributed by atoms with E-state index in [-0.39, 0.29) is 29.5 Å². The number of hydrogen-bond acceptors (Lipinski definition) is 6. The second-order valence-electron chi connectivity index (χ2n) is 6.92. The van der Waals surface area contributed by atoms with Gasteiger partial charge in [0.15, 0.2) is 5.96 Å². The Balaban J connectivity index is 0.00000261. The lowest BCUT2D eigenvalue weighted by Crippen LogP contribution is -2.60. The van der Waals surface area contributed by atoms with Crippen LogP contribution in [0.3, 0.4) is 0 Å². The quantitative estimate of drug-likeness (QED) is 0.346. The van der Waals surface area contributed by atoms with Crippen LogP contribution in [-0.4, -0.2) is 72.3 Å². The standard InChI is InChI=1S/C18H31N5O2S.HI/c1-4-19-17(20-11-16-22-14(2)15(3)25-16)21-12-18(5-10-26-13-18)23-6-8-24-9-7-23;/h4-13H2,1-3H3,(H2,19,20,21);1H. The summed E-state index contributed by atoms with van der Waals surface area (Å²) < 4.78 is 11.2. The number of rotatable bonds is 6. The molecule has 3 heterocycles. The van der Waals surface area contributed by atoms with Gasteiger partial charge in [0, 0.05) is 37.5 Å². The first-order valence-corrected chi connectivity index (χ1v) is 10.6. The SMILES string of the molecule is CCNC(=NCc1nc(C)c(C)o1)NCC1(N2CCOCC2)CCSC1.I.